The number of aromatic amines is 1. The Kier molecular flexibility index (Phi) is 7.11. The van der Waals surface area contributed by atoms with E-state index in [4.69, 9.17) is 22.1 Å². The molecule has 1 saturated carbocycles. The quantitative estimate of drug-likeness (QED) is 0.359. The molecule has 2 fully saturated rings. The molecule has 1 aromatic carbocycles. The van der Waals surface area contributed by atoms with Gasteiger partial charge in [-0.2, -0.15) is 0 Å². The number of methoxy groups -OCH3 is 1. The molecular weight excluding hydrogens is 460 g/mol. The molecule has 5 N–H and O–H groups in total. The van der Waals surface area contributed by atoms with Gasteiger partial charge in [-0.15, -0.1) is 0 Å². The van der Waals surface area contributed by atoms with Crippen molar-refractivity contribution >= 4 is 46.0 Å². The predicted molar refractivity (Wildman–Crippen MR) is 126 cm³/mol. The number of hydrogen-bond acceptors (Lipinski definition) is 5. The van der Waals surface area contributed by atoms with E-state index in [0.717, 1.165) is 18.2 Å². The molecule has 1 aliphatic carbocycles. The van der Waals surface area contributed by atoms with E-state index >= 15 is 0 Å². The molecule has 0 unspecified atom stereocenters. The summed E-state index contributed by atoms with van der Waals surface area (Å²) in [6.07, 6.45) is 3.32. The molecule has 3 atom stereocenters. The second kappa shape index (κ2) is 10.0. The van der Waals surface area contributed by atoms with Gasteiger partial charge in [0.2, 0.25) is 17.7 Å². The Morgan fingerprint density at radius 2 is 1.97 bits per heavy atom. The second-order valence-electron chi connectivity index (χ2n) is 9.24. The normalized spacial score (nSPS) is 19.5. The van der Waals surface area contributed by atoms with Crippen LogP contribution >= 0.6 is 11.6 Å². The van der Waals surface area contributed by atoms with Crippen LogP contribution < -0.4 is 21.1 Å². The van der Waals surface area contributed by atoms with Crippen molar-refractivity contribution in [2.24, 2.45) is 23.5 Å². The second-order valence-corrected chi connectivity index (χ2v) is 9.64. The maximum absolute atomic E-state index is 13.1. The van der Waals surface area contributed by atoms with Gasteiger partial charge in [0.1, 0.15) is 11.8 Å². The molecule has 0 radical (unpaired) electrons. The Labute approximate surface area is 202 Å². The fourth-order valence-electron chi connectivity index (χ4n) is 4.51. The highest BCUT2D eigenvalue weighted by molar-refractivity contribution is 6.35. The molecule has 1 saturated heterocycles. The zero-order valence-corrected chi connectivity index (χ0v) is 19.7. The number of benzene rings is 1. The van der Waals surface area contributed by atoms with Crippen LogP contribution in [-0.2, 0) is 14.4 Å². The fourth-order valence-corrected chi connectivity index (χ4v) is 4.77. The number of primary amides is 1. The van der Waals surface area contributed by atoms with Crippen LogP contribution in [0.4, 0.5) is 0 Å². The van der Waals surface area contributed by atoms with Gasteiger partial charge in [0.05, 0.1) is 23.3 Å². The van der Waals surface area contributed by atoms with Crippen LogP contribution in [0.1, 0.15) is 49.0 Å². The number of amides is 3. The Morgan fingerprint density at radius 1 is 1.21 bits per heavy atom. The van der Waals surface area contributed by atoms with Crippen LogP contribution in [0.5, 0.6) is 5.75 Å². The van der Waals surface area contributed by atoms with Crippen LogP contribution in [0.2, 0.25) is 5.02 Å². The molecule has 2 heterocycles. The van der Waals surface area contributed by atoms with Gasteiger partial charge >= 0.3 is 0 Å². The molecule has 3 amide bonds. The third-order valence-electron chi connectivity index (χ3n) is 6.65. The van der Waals surface area contributed by atoms with Gasteiger partial charge in [0.25, 0.3) is 0 Å². The summed E-state index contributed by atoms with van der Waals surface area (Å²) in [5, 5.41) is 6.60. The highest BCUT2D eigenvalue weighted by Crippen LogP contribution is 2.37. The first-order chi connectivity index (χ1) is 16.2. The van der Waals surface area contributed by atoms with Crippen molar-refractivity contribution in [1.29, 1.82) is 0 Å². The van der Waals surface area contributed by atoms with E-state index in [1.165, 1.54) is 7.11 Å². The predicted octanol–water partition coefficient (Wildman–Crippen LogP) is 2.32. The zero-order chi connectivity index (χ0) is 24.4. The number of halogens is 1. The average Bonchev–Trinajstić information content (AvgIpc) is 3.35. The summed E-state index contributed by atoms with van der Waals surface area (Å²) in [6.45, 7) is 0.544. The lowest BCUT2D eigenvalue weighted by Crippen LogP contribution is -2.48. The van der Waals surface area contributed by atoms with E-state index in [2.05, 4.69) is 15.6 Å². The van der Waals surface area contributed by atoms with E-state index in [0.29, 0.717) is 47.3 Å². The number of nitrogens with one attached hydrogen (secondary N) is 3. The number of ether oxygens (including phenoxy) is 1. The van der Waals surface area contributed by atoms with Crippen LogP contribution in [0, 0.1) is 17.8 Å². The number of H-pyrrole nitrogens is 1. The van der Waals surface area contributed by atoms with Crippen molar-refractivity contribution in [3.63, 3.8) is 0 Å². The van der Waals surface area contributed by atoms with Gasteiger partial charge < -0.3 is 26.1 Å². The number of hydrogen-bond donors (Lipinski definition) is 4. The maximum atomic E-state index is 13.1. The summed E-state index contributed by atoms with van der Waals surface area (Å²) in [4.78, 5) is 53.2. The summed E-state index contributed by atoms with van der Waals surface area (Å²) in [7, 11) is 1.54. The van der Waals surface area contributed by atoms with E-state index in [1.807, 2.05) is 0 Å². The van der Waals surface area contributed by atoms with E-state index in [-0.39, 0.29) is 30.4 Å². The number of aromatic nitrogens is 1. The minimum Gasteiger partial charge on any atom is -0.497 e. The van der Waals surface area contributed by atoms with Crippen molar-refractivity contribution in [2.75, 3.05) is 13.7 Å². The molecule has 10 heteroatoms. The first-order valence-electron chi connectivity index (χ1n) is 11.5. The first kappa shape index (κ1) is 24.1. The number of carbonyl (C=O) groups excluding carboxylic acids is 4. The Morgan fingerprint density at radius 3 is 2.59 bits per heavy atom. The minimum atomic E-state index is -0.961. The van der Waals surface area contributed by atoms with Crippen LogP contribution in [0.25, 0.3) is 10.9 Å². The highest BCUT2D eigenvalue weighted by atomic mass is 35.5. The number of nitrogens with two attached hydrogens (primary N) is 1. The van der Waals surface area contributed by atoms with E-state index < -0.39 is 23.8 Å². The van der Waals surface area contributed by atoms with Crippen molar-refractivity contribution in [3.8, 4) is 5.75 Å². The van der Waals surface area contributed by atoms with Gasteiger partial charge in [0.15, 0.2) is 5.78 Å². The molecule has 4 rings (SSSR count). The number of Topliss-reactive ketones (excluding diaryl/α,β-unsaturated/α-hetero) is 1. The lowest BCUT2D eigenvalue weighted by Gasteiger charge is -2.22. The molecule has 34 heavy (non-hydrogen) atoms. The molecule has 1 aliphatic heterocycles. The Bertz CT molecular complexity index is 1130. The summed E-state index contributed by atoms with van der Waals surface area (Å²) in [5.41, 5.74) is 6.49. The van der Waals surface area contributed by atoms with Crippen molar-refractivity contribution in [3.05, 3.63) is 28.9 Å². The topological polar surface area (TPSA) is 143 Å². The summed E-state index contributed by atoms with van der Waals surface area (Å²) in [5.74, 6) is -1.45. The summed E-state index contributed by atoms with van der Waals surface area (Å²) in [6, 6.07) is 4.17. The standard InChI is InChI=1S/C24H29ClN4O5/c1-34-16-7-14-9-18(28-21(14)17(25)11-16)20(30)10-15(6-12-2-3-12)24(33)29-19(22(26)31)8-13-4-5-27-23(13)32/h7,9,11-13,15,19,28H,2-6,8,10H2,1H3,(H2,26,31)(H,27,32)(H,29,33)/t13-,15+,19-/m0/s1. The van der Waals surface area contributed by atoms with Crippen molar-refractivity contribution < 1.29 is 23.9 Å². The third kappa shape index (κ3) is 5.52. The molecule has 2 aromatic rings. The van der Waals surface area contributed by atoms with Crippen molar-refractivity contribution in [1.82, 2.24) is 15.6 Å². The van der Waals surface area contributed by atoms with Crippen LogP contribution in [0.15, 0.2) is 18.2 Å². The van der Waals surface area contributed by atoms with Crippen LogP contribution in [-0.4, -0.2) is 48.2 Å². The molecule has 2 aliphatic rings. The molecule has 0 bridgehead atoms. The molecular formula is C24H29ClN4O5. The van der Waals surface area contributed by atoms with E-state index in [9.17, 15) is 19.2 Å². The Hall–Kier alpha value is -3.07. The SMILES string of the molecule is COc1cc(Cl)c2[nH]c(C(=O)C[C@@H](CC3CC3)C(=O)N[C@@H](C[C@@H]3CCNC3=O)C(N)=O)cc2c1. The van der Waals surface area contributed by atoms with Gasteiger partial charge in [-0.1, -0.05) is 24.4 Å². The van der Waals surface area contributed by atoms with Gasteiger partial charge in [0, 0.05) is 36.3 Å². The maximum Gasteiger partial charge on any atom is 0.240 e. The molecule has 182 valence electrons. The first-order valence-corrected chi connectivity index (χ1v) is 11.9. The fraction of sp³-hybridized carbons (Fsp3) is 0.500. The zero-order valence-electron chi connectivity index (χ0n) is 19.0. The van der Waals surface area contributed by atoms with Gasteiger partial charge in [-0.25, -0.2) is 0 Å². The minimum absolute atomic E-state index is 0.0146. The lowest BCUT2D eigenvalue weighted by atomic mass is 9.92. The van der Waals surface area contributed by atoms with Gasteiger partial charge in [-0.3, -0.25) is 19.2 Å². The number of fused-ring (bicyclic) bond motifs is 1. The van der Waals surface area contributed by atoms with Crippen LogP contribution in [0.3, 0.4) is 0 Å². The van der Waals surface area contributed by atoms with E-state index in [1.54, 1.807) is 18.2 Å². The third-order valence-corrected chi connectivity index (χ3v) is 6.95. The lowest BCUT2D eigenvalue weighted by molar-refractivity contribution is -0.131. The number of carbonyl (C=O) groups is 4. The Balaban J connectivity index is 1.47. The molecule has 0 spiro atoms. The number of rotatable bonds is 11. The monoisotopic (exact) mass is 488 g/mol. The summed E-state index contributed by atoms with van der Waals surface area (Å²) >= 11 is 6.30. The molecule has 9 nitrogen and oxygen atoms in total. The smallest absolute Gasteiger partial charge is 0.240 e. The van der Waals surface area contributed by atoms with Crippen molar-refractivity contribution in [2.45, 2.75) is 44.6 Å². The number of ketones is 1. The molecule has 1 aromatic heterocycles. The highest BCUT2D eigenvalue weighted by Gasteiger charge is 2.35. The van der Waals surface area contributed by atoms with Gasteiger partial charge in [-0.05, 0) is 37.3 Å². The average molecular weight is 489 g/mol. The summed E-state index contributed by atoms with van der Waals surface area (Å²) < 4.78 is 5.23. The largest absolute Gasteiger partial charge is 0.497 e.